The second-order valence-electron chi connectivity index (χ2n) is 7.54. The van der Waals surface area contributed by atoms with Crippen molar-refractivity contribution in [2.45, 2.75) is 44.9 Å². The van der Waals surface area contributed by atoms with Crippen LogP contribution in [0.1, 0.15) is 43.1 Å². The molecule has 1 N–H and O–H groups in total. The highest BCUT2D eigenvalue weighted by Crippen LogP contribution is 2.26. The quantitative estimate of drug-likeness (QED) is 0.728. The van der Waals surface area contributed by atoms with Gasteiger partial charge in [-0.25, -0.2) is 4.98 Å². The van der Waals surface area contributed by atoms with Gasteiger partial charge in [-0.15, -0.1) is 0 Å². The van der Waals surface area contributed by atoms with E-state index < -0.39 is 0 Å². The van der Waals surface area contributed by atoms with Crippen LogP contribution in [0.15, 0.2) is 47.3 Å². The number of hydrogen-bond donors (Lipinski definition) is 1. The average Bonchev–Trinajstić information content (AvgIpc) is 3.15. The van der Waals surface area contributed by atoms with E-state index in [0.29, 0.717) is 18.2 Å². The maximum atomic E-state index is 12.5. The van der Waals surface area contributed by atoms with Gasteiger partial charge < -0.3 is 19.2 Å². The van der Waals surface area contributed by atoms with E-state index in [2.05, 4.69) is 15.3 Å². The van der Waals surface area contributed by atoms with Gasteiger partial charge in [0.2, 0.25) is 5.89 Å². The van der Waals surface area contributed by atoms with Gasteiger partial charge in [-0.2, -0.15) is 0 Å². The summed E-state index contributed by atoms with van der Waals surface area (Å²) in [5, 5.41) is 4.97. The first-order valence-corrected chi connectivity index (χ1v) is 9.35. The van der Waals surface area contributed by atoms with Crippen molar-refractivity contribution in [1.82, 2.24) is 15.3 Å². The second-order valence-corrected chi connectivity index (χ2v) is 7.54. The molecule has 0 bridgehead atoms. The molecule has 0 spiro atoms. The van der Waals surface area contributed by atoms with Crippen LogP contribution in [0, 0.1) is 0 Å². The maximum Gasteiger partial charge on any atom is 0.273 e. The highest BCUT2D eigenvalue weighted by atomic mass is 16.5. The lowest BCUT2D eigenvalue weighted by Gasteiger charge is -2.35. The highest BCUT2D eigenvalue weighted by molar-refractivity contribution is 5.92. The van der Waals surface area contributed by atoms with Gasteiger partial charge in [0.25, 0.3) is 5.91 Å². The van der Waals surface area contributed by atoms with Crippen LogP contribution in [-0.4, -0.2) is 34.1 Å². The summed E-state index contributed by atoms with van der Waals surface area (Å²) in [6, 6.07) is 7.72. The Bertz CT molecular complexity index is 977. The Morgan fingerprint density at radius 1 is 1.36 bits per heavy atom. The van der Waals surface area contributed by atoms with E-state index in [1.54, 1.807) is 12.4 Å². The van der Waals surface area contributed by atoms with Gasteiger partial charge in [-0.1, -0.05) is 12.1 Å². The van der Waals surface area contributed by atoms with E-state index in [1.807, 2.05) is 38.1 Å². The molecule has 1 atom stereocenters. The van der Waals surface area contributed by atoms with E-state index in [-0.39, 0.29) is 29.9 Å². The van der Waals surface area contributed by atoms with Crippen LogP contribution in [0.5, 0.6) is 5.75 Å². The molecule has 1 saturated heterocycles. The summed E-state index contributed by atoms with van der Waals surface area (Å²) >= 11 is 0. The molecule has 7 heteroatoms. The van der Waals surface area contributed by atoms with E-state index in [1.165, 1.54) is 6.26 Å². The third kappa shape index (κ3) is 4.14. The van der Waals surface area contributed by atoms with Crippen molar-refractivity contribution in [3.8, 4) is 5.75 Å². The number of nitrogens with one attached hydrogen (secondary N) is 1. The fourth-order valence-electron chi connectivity index (χ4n) is 3.45. The first kappa shape index (κ1) is 18.4. The number of ether oxygens (including phenoxy) is 2. The lowest BCUT2D eigenvalue weighted by Crippen LogP contribution is -2.45. The van der Waals surface area contributed by atoms with Crippen molar-refractivity contribution in [1.29, 1.82) is 0 Å². The number of aromatic nitrogens is 2. The third-order valence-electron chi connectivity index (χ3n) is 4.81. The predicted octanol–water partition coefficient (Wildman–Crippen LogP) is 3.49. The SMILES string of the molecule is CC1(C)CC(NC(=O)c2coc(COc3cccc4cnccc34)n2)CCO1. The predicted molar refractivity (Wildman–Crippen MR) is 103 cm³/mol. The van der Waals surface area contributed by atoms with Crippen LogP contribution in [0.3, 0.4) is 0 Å². The summed E-state index contributed by atoms with van der Waals surface area (Å²) in [7, 11) is 0. The number of carbonyl (C=O) groups is 1. The molecule has 2 aromatic heterocycles. The molecule has 28 heavy (non-hydrogen) atoms. The van der Waals surface area contributed by atoms with Crippen molar-refractivity contribution in [3.05, 3.63) is 54.5 Å². The summed E-state index contributed by atoms with van der Waals surface area (Å²) in [6.07, 6.45) is 6.43. The molecule has 3 heterocycles. The molecule has 146 valence electrons. The summed E-state index contributed by atoms with van der Waals surface area (Å²) in [5.41, 5.74) is 0.0255. The Morgan fingerprint density at radius 3 is 3.11 bits per heavy atom. The van der Waals surface area contributed by atoms with Crippen molar-refractivity contribution < 1.29 is 18.7 Å². The molecule has 1 aliphatic rings. The lowest BCUT2D eigenvalue weighted by molar-refractivity contribution is -0.0615. The molecule has 1 fully saturated rings. The zero-order valence-corrected chi connectivity index (χ0v) is 16.0. The molecule has 1 aliphatic heterocycles. The van der Waals surface area contributed by atoms with E-state index in [4.69, 9.17) is 13.9 Å². The molecule has 4 rings (SSSR count). The van der Waals surface area contributed by atoms with Crippen LogP contribution < -0.4 is 10.1 Å². The first-order valence-electron chi connectivity index (χ1n) is 9.35. The zero-order chi connectivity index (χ0) is 19.6. The van der Waals surface area contributed by atoms with Crippen molar-refractivity contribution >= 4 is 16.7 Å². The number of oxazole rings is 1. The van der Waals surface area contributed by atoms with Crippen molar-refractivity contribution in [3.63, 3.8) is 0 Å². The number of nitrogens with zero attached hydrogens (tertiary/aromatic N) is 2. The fourth-order valence-corrected chi connectivity index (χ4v) is 3.45. The zero-order valence-electron chi connectivity index (χ0n) is 16.0. The van der Waals surface area contributed by atoms with Gasteiger partial charge in [0.15, 0.2) is 12.3 Å². The van der Waals surface area contributed by atoms with E-state index in [9.17, 15) is 4.79 Å². The minimum absolute atomic E-state index is 0.0666. The summed E-state index contributed by atoms with van der Waals surface area (Å²) in [4.78, 5) is 20.8. The monoisotopic (exact) mass is 381 g/mol. The van der Waals surface area contributed by atoms with Gasteiger partial charge in [-0.05, 0) is 38.8 Å². The fraction of sp³-hybridized carbons (Fsp3) is 0.381. The number of pyridine rings is 1. The molecular weight excluding hydrogens is 358 g/mol. The standard InChI is InChI=1S/C21H23N3O4/c1-21(2)10-15(7-9-28-21)23-20(25)17-12-27-19(24-17)13-26-18-5-3-4-14-11-22-8-6-16(14)18/h3-6,8,11-12,15H,7,9-10,13H2,1-2H3,(H,23,25). The van der Waals surface area contributed by atoms with Gasteiger partial charge >= 0.3 is 0 Å². The average molecular weight is 381 g/mol. The highest BCUT2D eigenvalue weighted by Gasteiger charge is 2.30. The smallest absolute Gasteiger partial charge is 0.273 e. The Balaban J connectivity index is 1.38. The number of amides is 1. The van der Waals surface area contributed by atoms with Crippen LogP contribution >= 0.6 is 0 Å². The van der Waals surface area contributed by atoms with E-state index >= 15 is 0 Å². The van der Waals surface area contributed by atoms with Crippen LogP contribution in [0.2, 0.25) is 0 Å². The van der Waals surface area contributed by atoms with Gasteiger partial charge in [-0.3, -0.25) is 9.78 Å². The van der Waals surface area contributed by atoms with Gasteiger partial charge in [0.05, 0.1) is 5.60 Å². The van der Waals surface area contributed by atoms with Gasteiger partial charge in [0, 0.05) is 35.8 Å². The first-order chi connectivity index (χ1) is 13.5. The lowest BCUT2D eigenvalue weighted by atomic mass is 9.94. The topological polar surface area (TPSA) is 86.5 Å². The number of carbonyl (C=O) groups excluding carboxylic acids is 1. The molecule has 1 unspecified atom stereocenters. The summed E-state index contributed by atoms with van der Waals surface area (Å²) in [6.45, 7) is 4.83. The summed E-state index contributed by atoms with van der Waals surface area (Å²) in [5.74, 6) is 0.825. The number of fused-ring (bicyclic) bond motifs is 1. The number of rotatable bonds is 5. The molecular formula is C21H23N3O4. The van der Waals surface area contributed by atoms with Gasteiger partial charge in [0.1, 0.15) is 12.0 Å². The molecule has 0 radical (unpaired) electrons. The second kappa shape index (κ2) is 7.59. The Kier molecular flexibility index (Phi) is 5.00. The molecule has 1 amide bonds. The van der Waals surface area contributed by atoms with Crippen molar-refractivity contribution in [2.75, 3.05) is 6.61 Å². The molecule has 0 saturated carbocycles. The van der Waals surface area contributed by atoms with Crippen LogP contribution in [0.25, 0.3) is 10.8 Å². The molecule has 0 aliphatic carbocycles. The van der Waals surface area contributed by atoms with E-state index in [0.717, 1.165) is 23.6 Å². The molecule has 1 aromatic carbocycles. The van der Waals surface area contributed by atoms with Crippen LogP contribution in [0.4, 0.5) is 0 Å². The minimum Gasteiger partial charge on any atom is -0.483 e. The maximum absolute atomic E-state index is 12.5. The Hall–Kier alpha value is -2.93. The molecule has 7 nitrogen and oxygen atoms in total. The normalized spacial score (nSPS) is 18.7. The van der Waals surface area contributed by atoms with Crippen LogP contribution in [-0.2, 0) is 11.3 Å². The Morgan fingerprint density at radius 2 is 2.25 bits per heavy atom. The number of benzene rings is 1. The summed E-state index contributed by atoms with van der Waals surface area (Å²) < 4.78 is 16.9. The Labute approximate surface area is 163 Å². The number of hydrogen-bond acceptors (Lipinski definition) is 6. The minimum atomic E-state index is -0.242. The van der Waals surface area contributed by atoms with Crippen molar-refractivity contribution in [2.24, 2.45) is 0 Å². The molecule has 3 aromatic rings. The largest absolute Gasteiger partial charge is 0.483 e. The third-order valence-corrected chi connectivity index (χ3v) is 4.81.